The van der Waals surface area contributed by atoms with Crippen molar-refractivity contribution in [3.63, 3.8) is 0 Å². The minimum Gasteiger partial charge on any atom is -0.207 e. The molecule has 0 atom stereocenters. The summed E-state index contributed by atoms with van der Waals surface area (Å²) in [5, 5.41) is 0. The van der Waals surface area contributed by atoms with Crippen molar-refractivity contribution in [1.29, 1.82) is 0 Å². The lowest BCUT2D eigenvalue weighted by Crippen LogP contribution is -3.61. The highest BCUT2D eigenvalue weighted by Crippen LogP contribution is 2.35. The minimum atomic E-state index is -7.09. The van der Waals surface area contributed by atoms with Crippen LogP contribution in [0.15, 0.2) is 122 Å². The van der Waals surface area contributed by atoms with Crippen LogP contribution in [0, 0.1) is 242 Å². The first-order valence-electron chi connectivity index (χ1n) is 33.0. The Bertz CT molecular complexity index is 5310. The average molecular weight is 1990 g/mol. The summed E-state index contributed by atoms with van der Waals surface area (Å²) >= 11 is 0.0120. The van der Waals surface area contributed by atoms with E-state index >= 15 is 87.8 Å². The van der Waals surface area contributed by atoms with Gasteiger partial charge < -0.3 is 0 Å². The van der Waals surface area contributed by atoms with Crippen LogP contribution >= 0.6 is 0 Å². The third kappa shape index (κ3) is 16.1. The molecular formula is C80H34B2F38I2. The van der Waals surface area contributed by atoms with Crippen LogP contribution < -0.4 is 86.1 Å². The van der Waals surface area contributed by atoms with E-state index in [1.54, 1.807) is 0 Å². The van der Waals surface area contributed by atoms with Gasteiger partial charge in [0, 0.05) is 0 Å². The van der Waals surface area contributed by atoms with Crippen molar-refractivity contribution >= 4 is 68.1 Å². The number of hydrogen-bond donors (Lipinski definition) is 0. The third-order valence-corrected chi connectivity index (χ3v) is 23.8. The number of hydrogen-bond acceptors (Lipinski definition) is 0. The van der Waals surface area contributed by atoms with Crippen LogP contribution in [0.5, 0.6) is 0 Å². The number of benzene rings is 12. The lowest BCUT2D eigenvalue weighted by atomic mass is 9.12. The molecule has 0 aliphatic carbocycles. The predicted molar refractivity (Wildman–Crippen MR) is 358 cm³/mol. The molecule has 42 heteroatoms. The van der Waals surface area contributed by atoms with Crippen molar-refractivity contribution in [3.8, 4) is 0 Å². The molecule has 122 heavy (non-hydrogen) atoms. The Morgan fingerprint density at radius 2 is 0.352 bits per heavy atom. The fraction of sp³-hybridized carbons (Fsp3) is 0.0500. The van der Waals surface area contributed by atoms with Crippen molar-refractivity contribution in [3.05, 3.63) is 380 Å². The molecule has 640 valence electrons. The normalized spacial score (nSPS) is 11.5. The van der Waals surface area contributed by atoms with E-state index in [9.17, 15) is 79.0 Å². The first-order chi connectivity index (χ1) is 57.1. The Labute approximate surface area is 680 Å². The molecule has 0 nitrogen and oxygen atoms in total. The Kier molecular flexibility index (Phi) is 28.8. The topological polar surface area (TPSA) is 0 Å². The summed E-state index contributed by atoms with van der Waals surface area (Å²) < 4.78 is 573. The smallest absolute Gasteiger partial charge is 0.207 e. The molecule has 0 amide bonds. The molecule has 0 aliphatic rings. The summed E-state index contributed by atoms with van der Waals surface area (Å²) in [4.78, 5) is 0. The van der Waals surface area contributed by atoms with E-state index in [0.717, 1.165) is 0 Å². The van der Waals surface area contributed by atoms with Gasteiger partial charge in [-0.05, 0) is 66.9 Å². The standard InChI is InChI=1S/2C26H3BF19.C16H18I.C12H10I/c2*1-2-3-8(28)10(30)4(11(31)9(3)29)27(5-12(32)18(38)24(44)19(39)13(5)33,6-14(34)20(40)25(45)21(41)15(6)35)7-16(36)22(42)26(46)23(43)17(7)37;1-12(2)14-6-10-16(11-7-14)17-15-8-4-13(3)5-9-15;1-3-7-11(8-4-1)13-12-9-5-2-6-10-12/h2*2H,1H2;4-12H,1-3H3;1-10H/q2*-1;2*+1. The van der Waals surface area contributed by atoms with E-state index in [1.165, 1.54) is 25.4 Å². The van der Waals surface area contributed by atoms with Crippen LogP contribution in [0.1, 0.15) is 42.0 Å². The molecule has 0 aromatic heterocycles. The van der Waals surface area contributed by atoms with E-state index in [2.05, 4.69) is 143 Å². The van der Waals surface area contributed by atoms with E-state index in [1.807, 2.05) is 0 Å². The van der Waals surface area contributed by atoms with Crippen LogP contribution in [0.25, 0.3) is 12.2 Å². The molecule has 0 fully saturated rings. The zero-order chi connectivity index (χ0) is 91.3. The lowest BCUT2D eigenvalue weighted by molar-refractivity contribution is -0.597. The molecule has 0 N–H and O–H groups in total. The van der Waals surface area contributed by atoms with Crippen molar-refractivity contribution in [1.82, 2.24) is 0 Å². The third-order valence-electron chi connectivity index (χ3n) is 18.4. The second-order valence-electron chi connectivity index (χ2n) is 25.5. The Morgan fingerprint density at radius 3 is 0.516 bits per heavy atom. The lowest BCUT2D eigenvalue weighted by Gasteiger charge is -2.45. The number of rotatable bonds is 15. The molecule has 0 aliphatic heterocycles. The fourth-order valence-electron chi connectivity index (χ4n) is 12.9. The highest BCUT2D eigenvalue weighted by molar-refractivity contribution is 7.21. The van der Waals surface area contributed by atoms with Gasteiger partial charge in [-0.2, -0.15) is 0 Å². The van der Waals surface area contributed by atoms with E-state index in [4.69, 9.17) is 0 Å². The molecular weight excluding hydrogens is 1960 g/mol. The van der Waals surface area contributed by atoms with E-state index in [0.29, 0.717) is 5.92 Å². The molecule has 0 heterocycles. The van der Waals surface area contributed by atoms with Crippen molar-refractivity contribution in [2.24, 2.45) is 0 Å². The van der Waals surface area contributed by atoms with E-state index < -0.39 is 288 Å². The van der Waals surface area contributed by atoms with Gasteiger partial charge in [0.2, 0.25) is 0 Å². The van der Waals surface area contributed by atoms with Crippen LogP contribution in [-0.2, 0) is 0 Å². The van der Waals surface area contributed by atoms with Gasteiger partial charge in [-0.25, -0.2) is 167 Å². The van der Waals surface area contributed by atoms with E-state index in [-0.39, 0.29) is 54.6 Å². The fourth-order valence-corrected chi connectivity index (χ4v) is 17.3. The van der Waals surface area contributed by atoms with Gasteiger partial charge in [0.05, 0.1) is 11.1 Å². The Balaban J connectivity index is 0.000000207. The molecule has 0 spiro atoms. The van der Waals surface area contributed by atoms with Gasteiger partial charge in [0.25, 0.3) is 0 Å². The molecule has 0 radical (unpaired) electrons. The van der Waals surface area contributed by atoms with Crippen molar-refractivity contribution < 1.29 is 209 Å². The summed E-state index contributed by atoms with van der Waals surface area (Å²) in [6.07, 6.45) is -14.4. The molecule has 0 bridgehead atoms. The van der Waals surface area contributed by atoms with Crippen molar-refractivity contribution in [2.45, 2.75) is 26.7 Å². The van der Waals surface area contributed by atoms with Gasteiger partial charge in [-0.1, -0.05) is 105 Å². The largest absolute Gasteiger partial charge is 0.357 e. The summed E-state index contributed by atoms with van der Waals surface area (Å²) in [6, 6.07) is 39.5. The number of aryl methyl sites for hydroxylation is 1. The first kappa shape index (κ1) is 94.9. The summed E-state index contributed by atoms with van der Waals surface area (Å²) in [7, 11) is 0. The SMILES string of the molecule is C=Cc1c(F)c(F)c([B-](c2c(F)c(F)c(F)c(F)c2F)(c2c(F)c(F)c(F)c(F)c2F)c2c(F)c(F)c(F)c(F)c2F)c(F)c1F.C=Cc1c(F)c(F)c([B-](c2c(F)c(F)c(F)c(F)c2F)(c2c(F)c(F)c(F)c(F)c2F)c2c(F)c(F)c(F)c(F)c2F)c(F)c1F.Cc1ccc([I+]c2ccc(C(C)C)cc2)cc1.c1ccc([I+]c2ccccc2)cc1. The van der Waals surface area contributed by atoms with Crippen LogP contribution in [-0.4, -0.2) is 12.3 Å². The Hall–Kier alpha value is -11.0. The van der Waals surface area contributed by atoms with Gasteiger partial charge in [-0.15, -0.1) is 43.7 Å². The van der Waals surface area contributed by atoms with Gasteiger partial charge >= 0.3 is 42.4 Å². The summed E-state index contributed by atoms with van der Waals surface area (Å²) in [6.45, 7) is 12.0. The van der Waals surface area contributed by atoms with Crippen LogP contribution in [0.3, 0.4) is 0 Å². The van der Waals surface area contributed by atoms with Crippen molar-refractivity contribution in [2.75, 3.05) is 0 Å². The van der Waals surface area contributed by atoms with Crippen LogP contribution in [0.4, 0.5) is 167 Å². The maximum Gasteiger partial charge on any atom is 0.357 e. The number of halogens is 40. The Morgan fingerprint density at radius 1 is 0.205 bits per heavy atom. The van der Waals surface area contributed by atoms with Gasteiger partial charge in [-0.3, -0.25) is 0 Å². The second-order valence-corrected chi connectivity index (χ2v) is 31.6. The van der Waals surface area contributed by atoms with Gasteiger partial charge in [0.1, 0.15) is 105 Å². The minimum absolute atomic E-state index is 0.0167. The predicted octanol–water partition coefficient (Wildman–Crippen LogP) is 13.8. The highest BCUT2D eigenvalue weighted by Gasteiger charge is 2.55. The second kappa shape index (κ2) is 37.0. The summed E-state index contributed by atoms with van der Waals surface area (Å²) in [5.74, 6) is -130. The molecule has 0 saturated heterocycles. The zero-order valence-electron chi connectivity index (χ0n) is 59.8. The highest BCUT2D eigenvalue weighted by atomic mass is 127. The molecule has 0 unspecified atom stereocenters. The van der Waals surface area contributed by atoms with Crippen LogP contribution in [0.2, 0.25) is 0 Å². The molecule has 12 aromatic carbocycles. The summed E-state index contributed by atoms with van der Waals surface area (Å²) in [5.41, 5.74) is -28.9. The van der Waals surface area contributed by atoms with Gasteiger partial charge in [0.15, 0.2) is 142 Å². The molecule has 12 rings (SSSR count). The zero-order valence-corrected chi connectivity index (χ0v) is 64.1. The monoisotopic (exact) mass is 1990 g/mol. The average Bonchev–Trinajstić information content (AvgIpc) is 0.684. The molecule has 0 saturated carbocycles. The molecule has 12 aromatic rings. The maximum absolute atomic E-state index is 15.7. The quantitative estimate of drug-likeness (QED) is 0.0315. The first-order valence-corrected chi connectivity index (χ1v) is 37.4. The maximum atomic E-state index is 15.7.